The Kier molecular flexibility index (Phi) is 2.84. The van der Waals surface area contributed by atoms with Crippen molar-refractivity contribution >= 4 is 10.9 Å². The summed E-state index contributed by atoms with van der Waals surface area (Å²) in [5.41, 5.74) is 4.62. The molecule has 0 N–H and O–H groups in total. The van der Waals surface area contributed by atoms with Crippen molar-refractivity contribution in [3.05, 3.63) is 60.7 Å². The van der Waals surface area contributed by atoms with Gasteiger partial charge in [-0.05, 0) is 74.0 Å². The van der Waals surface area contributed by atoms with E-state index < -0.39 is 0 Å². The highest BCUT2D eigenvalue weighted by Gasteiger charge is 2.52. The SMILES string of the molecule is c1ccc(-c2cc3ccccc3n2C23CC4CC(CC(C4)C2)C3)cc1. The second kappa shape index (κ2) is 5.00. The van der Waals surface area contributed by atoms with E-state index in [0.717, 1.165) is 17.8 Å². The second-order valence-corrected chi connectivity index (χ2v) is 8.93. The van der Waals surface area contributed by atoms with E-state index >= 15 is 0 Å². The monoisotopic (exact) mass is 327 g/mol. The van der Waals surface area contributed by atoms with Crippen LogP contribution in [-0.2, 0) is 5.54 Å². The normalized spacial score (nSPS) is 33.2. The fourth-order valence-corrected chi connectivity index (χ4v) is 6.83. The zero-order valence-corrected chi connectivity index (χ0v) is 14.7. The standard InChI is InChI=1S/C24H25N/c1-2-6-20(7-3-1)23-13-21-8-4-5-9-22(21)25(23)24-14-17-10-18(15-24)12-19(11-17)16-24/h1-9,13,17-19H,10-12,14-16H2. The zero-order chi connectivity index (χ0) is 16.4. The van der Waals surface area contributed by atoms with Gasteiger partial charge in [0, 0.05) is 22.1 Å². The maximum Gasteiger partial charge on any atom is 0.0496 e. The van der Waals surface area contributed by atoms with Crippen molar-refractivity contribution in [1.82, 2.24) is 4.57 Å². The first-order valence-corrected chi connectivity index (χ1v) is 9.97. The van der Waals surface area contributed by atoms with Crippen molar-refractivity contribution in [3.8, 4) is 11.3 Å². The summed E-state index contributed by atoms with van der Waals surface area (Å²) in [5.74, 6) is 2.91. The van der Waals surface area contributed by atoms with Crippen molar-refractivity contribution in [2.75, 3.05) is 0 Å². The van der Waals surface area contributed by atoms with Gasteiger partial charge in [-0.3, -0.25) is 0 Å². The number of hydrogen-bond acceptors (Lipinski definition) is 0. The van der Waals surface area contributed by atoms with E-state index in [-0.39, 0.29) is 0 Å². The summed E-state index contributed by atoms with van der Waals surface area (Å²) in [5, 5.41) is 1.40. The highest BCUT2D eigenvalue weighted by atomic mass is 15.1. The molecule has 4 saturated carbocycles. The number of fused-ring (bicyclic) bond motifs is 1. The lowest BCUT2D eigenvalue weighted by atomic mass is 9.53. The van der Waals surface area contributed by atoms with Crippen molar-refractivity contribution in [2.45, 2.75) is 44.1 Å². The largest absolute Gasteiger partial charge is 0.334 e. The van der Waals surface area contributed by atoms with Crippen LogP contribution in [0.3, 0.4) is 0 Å². The minimum atomic E-state index is 0.364. The second-order valence-electron chi connectivity index (χ2n) is 8.93. The molecular formula is C24H25N. The first-order chi connectivity index (χ1) is 12.3. The molecule has 1 heterocycles. The van der Waals surface area contributed by atoms with Gasteiger partial charge in [-0.1, -0.05) is 48.5 Å². The molecule has 0 aliphatic heterocycles. The summed E-state index contributed by atoms with van der Waals surface area (Å²) in [6.45, 7) is 0. The molecule has 4 aliphatic carbocycles. The average molecular weight is 327 g/mol. The molecule has 126 valence electrons. The number of rotatable bonds is 2. The predicted molar refractivity (Wildman–Crippen MR) is 104 cm³/mol. The van der Waals surface area contributed by atoms with Crippen LogP contribution in [0.4, 0.5) is 0 Å². The third kappa shape index (κ3) is 2.02. The first kappa shape index (κ1) is 14.2. The van der Waals surface area contributed by atoms with Crippen LogP contribution in [-0.4, -0.2) is 4.57 Å². The average Bonchev–Trinajstić information content (AvgIpc) is 3.02. The van der Waals surface area contributed by atoms with Crippen LogP contribution in [0.15, 0.2) is 60.7 Å². The minimum absolute atomic E-state index is 0.364. The van der Waals surface area contributed by atoms with Gasteiger partial charge in [-0.15, -0.1) is 0 Å². The summed E-state index contributed by atoms with van der Waals surface area (Å²) in [6, 6.07) is 22.5. The summed E-state index contributed by atoms with van der Waals surface area (Å²) in [7, 11) is 0. The van der Waals surface area contributed by atoms with Crippen LogP contribution >= 0.6 is 0 Å². The van der Waals surface area contributed by atoms with Crippen molar-refractivity contribution in [1.29, 1.82) is 0 Å². The Hall–Kier alpha value is -2.02. The highest BCUT2D eigenvalue weighted by Crippen LogP contribution is 2.60. The predicted octanol–water partition coefficient (Wildman–Crippen LogP) is 6.23. The molecule has 0 atom stereocenters. The first-order valence-electron chi connectivity index (χ1n) is 9.97. The fraction of sp³-hybridized carbons (Fsp3) is 0.417. The fourth-order valence-electron chi connectivity index (χ4n) is 6.83. The molecule has 0 radical (unpaired) electrons. The molecule has 1 heteroatoms. The van der Waals surface area contributed by atoms with Gasteiger partial charge in [0.15, 0.2) is 0 Å². The Morgan fingerprint density at radius 2 is 1.32 bits per heavy atom. The number of hydrogen-bond donors (Lipinski definition) is 0. The molecule has 1 aromatic heterocycles. The maximum absolute atomic E-state index is 2.78. The number of benzene rings is 2. The van der Waals surface area contributed by atoms with Crippen molar-refractivity contribution in [2.24, 2.45) is 17.8 Å². The summed E-state index contributed by atoms with van der Waals surface area (Å²) in [4.78, 5) is 0. The van der Waals surface area contributed by atoms with Crippen LogP contribution in [0, 0.1) is 17.8 Å². The third-order valence-corrected chi connectivity index (χ3v) is 7.26. The molecular weight excluding hydrogens is 302 g/mol. The summed E-state index contributed by atoms with van der Waals surface area (Å²) < 4.78 is 2.78. The smallest absolute Gasteiger partial charge is 0.0496 e. The van der Waals surface area contributed by atoms with Gasteiger partial charge in [0.2, 0.25) is 0 Å². The molecule has 7 rings (SSSR count). The third-order valence-electron chi connectivity index (χ3n) is 7.26. The zero-order valence-electron chi connectivity index (χ0n) is 14.7. The van der Waals surface area contributed by atoms with Crippen LogP contribution in [0.2, 0.25) is 0 Å². The Labute approximate surface area is 149 Å². The van der Waals surface area contributed by atoms with Gasteiger partial charge in [0.05, 0.1) is 0 Å². The van der Waals surface area contributed by atoms with E-state index in [1.807, 2.05) is 0 Å². The maximum atomic E-state index is 2.78. The Morgan fingerprint density at radius 3 is 2.00 bits per heavy atom. The van der Waals surface area contributed by atoms with E-state index in [4.69, 9.17) is 0 Å². The topological polar surface area (TPSA) is 4.93 Å². The molecule has 1 nitrogen and oxygen atoms in total. The van der Waals surface area contributed by atoms with Crippen LogP contribution in [0.25, 0.3) is 22.2 Å². The molecule has 0 spiro atoms. The number of nitrogens with zero attached hydrogens (tertiary/aromatic N) is 1. The molecule has 4 fully saturated rings. The van der Waals surface area contributed by atoms with E-state index in [9.17, 15) is 0 Å². The Morgan fingerprint density at radius 1 is 0.720 bits per heavy atom. The quantitative estimate of drug-likeness (QED) is 0.525. The van der Waals surface area contributed by atoms with Crippen molar-refractivity contribution in [3.63, 3.8) is 0 Å². The Balaban J connectivity index is 1.62. The van der Waals surface area contributed by atoms with Gasteiger partial charge in [-0.2, -0.15) is 0 Å². The minimum Gasteiger partial charge on any atom is -0.334 e. The lowest BCUT2D eigenvalue weighted by Gasteiger charge is -2.58. The molecule has 3 aromatic rings. The van der Waals surface area contributed by atoms with Crippen LogP contribution in [0.5, 0.6) is 0 Å². The van der Waals surface area contributed by atoms with Gasteiger partial charge in [0.25, 0.3) is 0 Å². The van der Waals surface area contributed by atoms with E-state index in [1.54, 1.807) is 0 Å². The van der Waals surface area contributed by atoms with Gasteiger partial charge >= 0.3 is 0 Å². The van der Waals surface area contributed by atoms with Crippen molar-refractivity contribution < 1.29 is 0 Å². The summed E-state index contributed by atoms with van der Waals surface area (Å²) in [6.07, 6.45) is 8.70. The molecule has 2 aromatic carbocycles. The van der Waals surface area contributed by atoms with E-state index in [1.165, 1.54) is 60.7 Å². The van der Waals surface area contributed by atoms with Crippen LogP contribution in [0.1, 0.15) is 38.5 Å². The molecule has 0 saturated heterocycles. The van der Waals surface area contributed by atoms with Crippen LogP contribution < -0.4 is 0 Å². The van der Waals surface area contributed by atoms with Gasteiger partial charge in [-0.25, -0.2) is 0 Å². The van der Waals surface area contributed by atoms with E-state index in [0.29, 0.717) is 5.54 Å². The molecule has 4 bridgehead atoms. The lowest BCUT2D eigenvalue weighted by Crippen LogP contribution is -2.51. The number of para-hydroxylation sites is 1. The van der Waals surface area contributed by atoms with Gasteiger partial charge in [0.1, 0.15) is 0 Å². The van der Waals surface area contributed by atoms with Gasteiger partial charge < -0.3 is 4.57 Å². The lowest BCUT2D eigenvalue weighted by molar-refractivity contribution is -0.0399. The van der Waals surface area contributed by atoms with E-state index in [2.05, 4.69) is 65.2 Å². The molecule has 0 amide bonds. The highest BCUT2D eigenvalue weighted by molar-refractivity contribution is 5.87. The number of aromatic nitrogens is 1. The molecule has 0 unspecified atom stereocenters. The summed E-state index contributed by atoms with van der Waals surface area (Å²) >= 11 is 0. The molecule has 25 heavy (non-hydrogen) atoms. The Bertz CT molecular complexity index is 898. The molecule has 4 aliphatic rings.